The van der Waals surface area contributed by atoms with Gasteiger partial charge in [0.15, 0.2) is 0 Å². The van der Waals surface area contributed by atoms with E-state index in [4.69, 9.17) is 4.42 Å². The molecular weight excluding hydrogens is 124 g/mol. The van der Waals surface area contributed by atoms with E-state index in [0.717, 1.165) is 5.76 Å². The van der Waals surface area contributed by atoms with Gasteiger partial charge in [-0.3, -0.25) is 0 Å². The Bertz CT molecular complexity index is 199. The fourth-order valence-electron chi connectivity index (χ4n) is 1.53. The molecular formula is C9H11O+. The van der Waals surface area contributed by atoms with Gasteiger partial charge in [-0.25, -0.2) is 4.42 Å². The van der Waals surface area contributed by atoms with Gasteiger partial charge < -0.3 is 0 Å². The van der Waals surface area contributed by atoms with Crippen LogP contribution < -0.4 is 0 Å². The number of hydrogen-bond acceptors (Lipinski definition) is 0. The number of carbonyl (C=O) groups excluding carboxylic acids is 1. The highest BCUT2D eigenvalue weighted by Gasteiger charge is 2.19. The van der Waals surface area contributed by atoms with Crippen molar-refractivity contribution < 1.29 is 4.42 Å². The lowest BCUT2D eigenvalue weighted by atomic mass is 10.2. The molecule has 1 heterocycles. The van der Waals surface area contributed by atoms with Gasteiger partial charge in [-0.05, 0) is 25.7 Å². The van der Waals surface area contributed by atoms with Gasteiger partial charge in [-0.1, -0.05) is 0 Å². The predicted octanol–water partition coefficient (Wildman–Crippen LogP) is 2.12. The second kappa shape index (κ2) is 2.41. The third kappa shape index (κ3) is 0.919. The van der Waals surface area contributed by atoms with Crippen LogP contribution in [0.2, 0.25) is 0 Å². The summed E-state index contributed by atoms with van der Waals surface area (Å²) < 4.78 is 5.28. The second-order valence-electron chi connectivity index (χ2n) is 2.79. The summed E-state index contributed by atoms with van der Waals surface area (Å²) in [5.41, 5.74) is 1.50. The largest absolute Gasteiger partial charge is 0.352 e. The number of hydrogen-bond donors (Lipinski definition) is 0. The molecule has 1 nitrogen and oxygen atoms in total. The molecule has 0 radical (unpaired) electrons. The van der Waals surface area contributed by atoms with Crippen LogP contribution >= 0.6 is 0 Å². The van der Waals surface area contributed by atoms with Gasteiger partial charge in [-0.2, -0.15) is 0 Å². The Morgan fingerprint density at radius 1 is 1.20 bits per heavy atom. The van der Waals surface area contributed by atoms with Crippen LogP contribution in [0.1, 0.15) is 25.7 Å². The highest BCUT2D eigenvalue weighted by atomic mass is 16.4. The minimum absolute atomic E-state index is 1.11. The van der Waals surface area contributed by atoms with Crippen LogP contribution in [-0.2, 0) is 4.42 Å². The Balaban J connectivity index is 2.26. The highest BCUT2D eigenvalue weighted by molar-refractivity contribution is 5.69. The summed E-state index contributed by atoms with van der Waals surface area (Å²) in [5, 5.41) is 0. The van der Waals surface area contributed by atoms with Crippen LogP contribution in [0.4, 0.5) is 0 Å². The third-order valence-corrected chi connectivity index (χ3v) is 2.08. The standard InChI is InChI=1S/C9H11O/c1-2-5-8(4-1)9-6-3-7-10-9/h3,6-7H,1-2,4-5H2/q+1. The van der Waals surface area contributed by atoms with E-state index in [-0.39, 0.29) is 0 Å². The first-order chi connectivity index (χ1) is 4.97. The fourth-order valence-corrected chi connectivity index (χ4v) is 1.53. The van der Waals surface area contributed by atoms with Crippen molar-refractivity contribution in [3.63, 3.8) is 0 Å². The zero-order valence-electron chi connectivity index (χ0n) is 5.97. The Labute approximate surface area is 60.7 Å². The van der Waals surface area contributed by atoms with Crippen molar-refractivity contribution in [2.45, 2.75) is 25.7 Å². The molecule has 1 saturated carbocycles. The molecule has 0 aromatic heterocycles. The first-order valence-electron chi connectivity index (χ1n) is 3.85. The Morgan fingerprint density at radius 3 is 2.60 bits per heavy atom. The highest BCUT2D eigenvalue weighted by Crippen LogP contribution is 2.27. The van der Waals surface area contributed by atoms with Gasteiger partial charge in [0.05, 0.1) is 6.08 Å². The first kappa shape index (κ1) is 5.90. The summed E-state index contributed by atoms with van der Waals surface area (Å²) in [6.45, 7) is 0. The van der Waals surface area contributed by atoms with E-state index < -0.39 is 0 Å². The maximum Gasteiger partial charge on any atom is 0.352 e. The number of rotatable bonds is 0. The van der Waals surface area contributed by atoms with Gasteiger partial charge in [0.1, 0.15) is 0 Å². The van der Waals surface area contributed by atoms with Gasteiger partial charge >= 0.3 is 12.0 Å². The molecule has 1 fully saturated rings. The second-order valence-corrected chi connectivity index (χ2v) is 2.79. The SMILES string of the molecule is C1=CC(=C2CCCC2)[O+]=C1. The lowest BCUT2D eigenvalue weighted by Crippen LogP contribution is -1.80. The zero-order valence-corrected chi connectivity index (χ0v) is 5.97. The van der Waals surface area contributed by atoms with E-state index in [9.17, 15) is 0 Å². The molecule has 2 rings (SSSR count). The minimum atomic E-state index is 1.11. The summed E-state index contributed by atoms with van der Waals surface area (Å²) in [4.78, 5) is 0. The Morgan fingerprint density at radius 2 is 2.00 bits per heavy atom. The van der Waals surface area contributed by atoms with Crippen molar-refractivity contribution in [2.24, 2.45) is 0 Å². The average Bonchev–Trinajstić information content (AvgIpc) is 2.59. The van der Waals surface area contributed by atoms with E-state index in [1.807, 2.05) is 6.08 Å². The topological polar surface area (TPSA) is 11.3 Å². The fraction of sp³-hybridized carbons (Fsp3) is 0.444. The zero-order chi connectivity index (χ0) is 6.81. The van der Waals surface area contributed by atoms with Crippen molar-refractivity contribution >= 4 is 6.29 Å². The lowest BCUT2D eigenvalue weighted by Gasteiger charge is -1.85. The average molecular weight is 135 g/mol. The lowest BCUT2D eigenvalue weighted by molar-refractivity contribution is -0.382. The summed E-state index contributed by atoms with van der Waals surface area (Å²) in [6, 6.07) is 0. The van der Waals surface area contributed by atoms with Crippen LogP contribution in [-0.4, -0.2) is 6.29 Å². The van der Waals surface area contributed by atoms with Gasteiger partial charge in [0.2, 0.25) is 0 Å². The Hall–Kier alpha value is -0.850. The molecule has 0 unspecified atom stereocenters. The van der Waals surface area contributed by atoms with Crippen molar-refractivity contribution in [3.8, 4) is 0 Å². The molecule has 0 bridgehead atoms. The number of allylic oxidation sites excluding steroid dienone is 3. The third-order valence-electron chi connectivity index (χ3n) is 2.08. The summed E-state index contributed by atoms with van der Waals surface area (Å²) in [6.07, 6.45) is 10.9. The molecule has 52 valence electrons. The van der Waals surface area contributed by atoms with Crippen LogP contribution in [0.15, 0.2) is 23.5 Å². The van der Waals surface area contributed by atoms with E-state index in [2.05, 4.69) is 6.08 Å². The quantitative estimate of drug-likeness (QED) is 0.356. The molecule has 0 atom stereocenters. The Kier molecular flexibility index (Phi) is 1.42. The van der Waals surface area contributed by atoms with Crippen molar-refractivity contribution in [3.05, 3.63) is 23.5 Å². The summed E-state index contributed by atoms with van der Waals surface area (Å²) >= 11 is 0. The normalized spacial score (nSPS) is 23.2. The molecule has 1 aliphatic carbocycles. The maximum absolute atomic E-state index is 5.28. The van der Waals surface area contributed by atoms with E-state index >= 15 is 0 Å². The summed E-state index contributed by atoms with van der Waals surface area (Å²) in [5.74, 6) is 1.11. The predicted molar refractivity (Wildman–Crippen MR) is 40.7 cm³/mol. The smallest absolute Gasteiger partial charge is 0.216 e. The molecule has 1 heteroatoms. The number of aldehydes is 1. The van der Waals surface area contributed by atoms with Crippen LogP contribution in [0.3, 0.4) is 0 Å². The van der Waals surface area contributed by atoms with Crippen LogP contribution in [0.5, 0.6) is 0 Å². The molecule has 2 aliphatic rings. The molecule has 0 saturated heterocycles. The van der Waals surface area contributed by atoms with E-state index in [1.165, 1.54) is 31.3 Å². The molecule has 1 aliphatic heterocycles. The summed E-state index contributed by atoms with van der Waals surface area (Å²) in [7, 11) is 0. The molecule has 0 N–H and O–H groups in total. The monoisotopic (exact) mass is 135 g/mol. The maximum atomic E-state index is 5.28. The minimum Gasteiger partial charge on any atom is -0.216 e. The van der Waals surface area contributed by atoms with Gasteiger partial charge in [0.25, 0.3) is 0 Å². The van der Waals surface area contributed by atoms with Gasteiger partial charge in [0, 0.05) is 11.6 Å². The molecule has 10 heavy (non-hydrogen) atoms. The van der Waals surface area contributed by atoms with Crippen molar-refractivity contribution in [1.82, 2.24) is 0 Å². The van der Waals surface area contributed by atoms with Crippen LogP contribution in [0.25, 0.3) is 0 Å². The van der Waals surface area contributed by atoms with Gasteiger partial charge in [-0.15, -0.1) is 0 Å². The van der Waals surface area contributed by atoms with E-state index in [1.54, 1.807) is 6.29 Å². The van der Waals surface area contributed by atoms with Crippen LogP contribution in [0, 0.1) is 0 Å². The van der Waals surface area contributed by atoms with E-state index in [0.29, 0.717) is 0 Å². The first-order valence-corrected chi connectivity index (χ1v) is 3.85. The molecule has 0 aromatic rings. The molecule has 0 spiro atoms. The van der Waals surface area contributed by atoms with Crippen molar-refractivity contribution in [2.75, 3.05) is 0 Å². The molecule has 0 amide bonds. The van der Waals surface area contributed by atoms with Crippen molar-refractivity contribution in [1.29, 1.82) is 0 Å². The molecule has 0 aromatic carbocycles.